The smallest absolute Gasteiger partial charge is 0.275 e. The zero-order valence-corrected chi connectivity index (χ0v) is 10.4. The SMILES string of the molecule is COc1cc(NC2(C)CCOC2)cc([N+](=O)[O-])c1. The molecule has 0 radical (unpaired) electrons. The van der Waals surface area contributed by atoms with Crippen molar-refractivity contribution >= 4 is 11.4 Å². The van der Waals surface area contributed by atoms with E-state index in [1.165, 1.54) is 19.2 Å². The molecule has 0 aliphatic carbocycles. The van der Waals surface area contributed by atoms with Crippen molar-refractivity contribution < 1.29 is 14.4 Å². The number of methoxy groups -OCH3 is 1. The highest BCUT2D eigenvalue weighted by atomic mass is 16.6. The fourth-order valence-corrected chi connectivity index (χ4v) is 1.99. The third-order valence-electron chi connectivity index (χ3n) is 3.00. The predicted molar refractivity (Wildman–Crippen MR) is 67.1 cm³/mol. The Bertz CT molecular complexity index is 455. The van der Waals surface area contributed by atoms with Gasteiger partial charge in [-0.3, -0.25) is 10.1 Å². The van der Waals surface area contributed by atoms with Crippen molar-refractivity contribution in [1.29, 1.82) is 0 Å². The molecule has 6 heteroatoms. The van der Waals surface area contributed by atoms with Crippen LogP contribution >= 0.6 is 0 Å². The molecule has 0 spiro atoms. The van der Waals surface area contributed by atoms with E-state index in [1.807, 2.05) is 6.92 Å². The number of nitro benzene ring substituents is 1. The highest BCUT2D eigenvalue weighted by Crippen LogP contribution is 2.30. The number of anilines is 1. The molecule has 1 saturated heterocycles. The molecule has 1 atom stereocenters. The molecular weight excluding hydrogens is 236 g/mol. The first kappa shape index (κ1) is 12.6. The average molecular weight is 252 g/mol. The van der Waals surface area contributed by atoms with Crippen molar-refractivity contribution in [1.82, 2.24) is 0 Å². The zero-order valence-electron chi connectivity index (χ0n) is 10.4. The Morgan fingerprint density at radius 1 is 1.50 bits per heavy atom. The van der Waals surface area contributed by atoms with Gasteiger partial charge < -0.3 is 14.8 Å². The first-order chi connectivity index (χ1) is 8.52. The number of hydrogen-bond acceptors (Lipinski definition) is 5. The Kier molecular flexibility index (Phi) is 3.38. The van der Waals surface area contributed by atoms with E-state index >= 15 is 0 Å². The molecule has 18 heavy (non-hydrogen) atoms. The normalized spacial score (nSPS) is 22.8. The minimum atomic E-state index is -0.429. The van der Waals surface area contributed by atoms with E-state index in [2.05, 4.69) is 5.32 Å². The molecule has 1 N–H and O–H groups in total. The Morgan fingerprint density at radius 3 is 2.83 bits per heavy atom. The summed E-state index contributed by atoms with van der Waals surface area (Å²) in [6.45, 7) is 3.33. The summed E-state index contributed by atoms with van der Waals surface area (Å²) in [5.41, 5.74) is 0.508. The van der Waals surface area contributed by atoms with Crippen LogP contribution < -0.4 is 10.1 Å². The lowest BCUT2D eigenvalue weighted by Crippen LogP contribution is -2.34. The Hall–Kier alpha value is -1.82. The highest BCUT2D eigenvalue weighted by molar-refractivity contribution is 5.57. The van der Waals surface area contributed by atoms with Crippen molar-refractivity contribution in [2.75, 3.05) is 25.6 Å². The molecule has 6 nitrogen and oxygen atoms in total. The number of nitro groups is 1. The molecule has 0 saturated carbocycles. The molecule has 0 aromatic heterocycles. The van der Waals surface area contributed by atoms with Crippen LogP contribution in [0.3, 0.4) is 0 Å². The number of non-ortho nitro benzene ring substituents is 1. The van der Waals surface area contributed by atoms with Crippen molar-refractivity contribution in [3.05, 3.63) is 28.3 Å². The van der Waals surface area contributed by atoms with E-state index in [0.717, 1.165) is 6.42 Å². The molecule has 1 aromatic carbocycles. The quantitative estimate of drug-likeness (QED) is 0.656. The molecule has 0 bridgehead atoms. The zero-order chi connectivity index (χ0) is 13.2. The van der Waals surface area contributed by atoms with Crippen LogP contribution in [0.15, 0.2) is 18.2 Å². The molecule has 1 heterocycles. The molecule has 0 amide bonds. The topological polar surface area (TPSA) is 73.6 Å². The van der Waals surface area contributed by atoms with Crippen LogP contribution in [0, 0.1) is 10.1 Å². The van der Waals surface area contributed by atoms with Crippen LogP contribution in [0.1, 0.15) is 13.3 Å². The van der Waals surface area contributed by atoms with Gasteiger partial charge in [-0.15, -0.1) is 0 Å². The van der Waals surface area contributed by atoms with Gasteiger partial charge in [0.05, 0.1) is 30.2 Å². The number of rotatable bonds is 4. The Balaban J connectivity index is 2.26. The maximum absolute atomic E-state index is 10.8. The van der Waals surface area contributed by atoms with Gasteiger partial charge in [-0.25, -0.2) is 0 Å². The third kappa shape index (κ3) is 2.70. The number of nitrogens with one attached hydrogen (secondary N) is 1. The summed E-state index contributed by atoms with van der Waals surface area (Å²) in [4.78, 5) is 10.4. The van der Waals surface area contributed by atoms with Gasteiger partial charge in [0.25, 0.3) is 5.69 Å². The lowest BCUT2D eigenvalue weighted by atomic mass is 10.0. The molecule has 1 aliphatic rings. The van der Waals surface area contributed by atoms with Crippen LogP contribution in [0.4, 0.5) is 11.4 Å². The lowest BCUT2D eigenvalue weighted by Gasteiger charge is -2.25. The summed E-state index contributed by atoms with van der Waals surface area (Å²) in [6.07, 6.45) is 0.873. The summed E-state index contributed by atoms with van der Waals surface area (Å²) in [5.74, 6) is 0.467. The number of hydrogen-bond donors (Lipinski definition) is 1. The van der Waals surface area contributed by atoms with Gasteiger partial charge in [-0.1, -0.05) is 0 Å². The highest BCUT2D eigenvalue weighted by Gasteiger charge is 2.29. The van der Waals surface area contributed by atoms with Crippen molar-refractivity contribution in [2.24, 2.45) is 0 Å². The van der Waals surface area contributed by atoms with Gasteiger partial charge >= 0.3 is 0 Å². The second-order valence-corrected chi connectivity index (χ2v) is 4.67. The largest absolute Gasteiger partial charge is 0.496 e. The van der Waals surface area contributed by atoms with Crippen LogP contribution in [-0.4, -0.2) is 30.8 Å². The van der Waals surface area contributed by atoms with Gasteiger partial charge in [0.2, 0.25) is 0 Å². The maximum atomic E-state index is 10.8. The Labute approximate surface area is 105 Å². The van der Waals surface area contributed by atoms with Crippen molar-refractivity contribution in [3.63, 3.8) is 0 Å². The molecule has 1 aliphatic heterocycles. The fourth-order valence-electron chi connectivity index (χ4n) is 1.99. The van der Waals surface area contributed by atoms with E-state index in [9.17, 15) is 10.1 Å². The van der Waals surface area contributed by atoms with E-state index in [0.29, 0.717) is 24.7 Å². The number of nitrogens with zero attached hydrogens (tertiary/aromatic N) is 1. The van der Waals surface area contributed by atoms with Gasteiger partial charge in [-0.05, 0) is 13.3 Å². The summed E-state index contributed by atoms with van der Waals surface area (Å²) < 4.78 is 10.4. The van der Waals surface area contributed by atoms with E-state index in [4.69, 9.17) is 9.47 Å². The van der Waals surface area contributed by atoms with Gasteiger partial charge in [0, 0.05) is 24.4 Å². The monoisotopic (exact) mass is 252 g/mol. The molecule has 98 valence electrons. The van der Waals surface area contributed by atoms with Gasteiger partial charge in [0.15, 0.2) is 0 Å². The number of ether oxygens (including phenoxy) is 2. The van der Waals surface area contributed by atoms with Crippen molar-refractivity contribution in [3.8, 4) is 5.75 Å². The van der Waals surface area contributed by atoms with Gasteiger partial charge in [0.1, 0.15) is 5.75 Å². The average Bonchev–Trinajstić information content (AvgIpc) is 2.75. The Morgan fingerprint density at radius 2 is 2.28 bits per heavy atom. The third-order valence-corrected chi connectivity index (χ3v) is 3.00. The minimum absolute atomic E-state index is 0.0133. The number of benzene rings is 1. The van der Waals surface area contributed by atoms with Gasteiger partial charge in [-0.2, -0.15) is 0 Å². The van der Waals surface area contributed by atoms with Crippen LogP contribution in [0.25, 0.3) is 0 Å². The first-order valence-electron chi connectivity index (χ1n) is 5.72. The molecule has 1 aromatic rings. The standard InChI is InChI=1S/C12H16N2O4/c1-12(3-4-18-8-12)13-9-5-10(14(15)16)7-11(6-9)17-2/h5-7,13H,3-4,8H2,1-2H3. The second kappa shape index (κ2) is 4.81. The summed E-state index contributed by atoms with van der Waals surface area (Å²) in [7, 11) is 1.49. The summed E-state index contributed by atoms with van der Waals surface area (Å²) in [5, 5.41) is 14.1. The molecule has 1 unspecified atom stereocenters. The molecular formula is C12H16N2O4. The summed E-state index contributed by atoms with van der Waals surface area (Å²) >= 11 is 0. The van der Waals surface area contributed by atoms with E-state index in [1.54, 1.807) is 6.07 Å². The van der Waals surface area contributed by atoms with Crippen LogP contribution in [-0.2, 0) is 4.74 Å². The van der Waals surface area contributed by atoms with Crippen LogP contribution in [0.2, 0.25) is 0 Å². The van der Waals surface area contributed by atoms with Crippen molar-refractivity contribution in [2.45, 2.75) is 18.9 Å². The minimum Gasteiger partial charge on any atom is -0.496 e. The lowest BCUT2D eigenvalue weighted by molar-refractivity contribution is -0.384. The predicted octanol–water partition coefficient (Wildman–Crippen LogP) is 2.19. The van der Waals surface area contributed by atoms with E-state index < -0.39 is 4.92 Å². The fraction of sp³-hybridized carbons (Fsp3) is 0.500. The molecule has 2 rings (SSSR count). The van der Waals surface area contributed by atoms with E-state index in [-0.39, 0.29) is 11.2 Å². The summed E-state index contributed by atoms with van der Waals surface area (Å²) in [6, 6.07) is 4.65. The molecule has 1 fully saturated rings. The maximum Gasteiger partial charge on any atom is 0.275 e. The second-order valence-electron chi connectivity index (χ2n) is 4.67. The van der Waals surface area contributed by atoms with Crippen LogP contribution in [0.5, 0.6) is 5.75 Å². The first-order valence-corrected chi connectivity index (χ1v) is 5.72.